The maximum Gasteiger partial charge on any atom is 0.214 e. The standard InChI is InChI=1S/C13H13ClN8S/c1-8(12-15-17-19-21(12)10-6-7-10)23-13-16-18-20-22(13)11-4-2-9(14)3-5-11/h2-5,8,10H,6-7H2,1H3/t8-/m1/s1. The highest BCUT2D eigenvalue weighted by Crippen LogP contribution is 2.39. The van der Waals surface area contributed by atoms with Gasteiger partial charge in [-0.25, -0.2) is 4.68 Å². The molecule has 4 rings (SSSR count). The molecule has 1 fully saturated rings. The van der Waals surface area contributed by atoms with Crippen LogP contribution in [0.15, 0.2) is 29.4 Å². The summed E-state index contributed by atoms with van der Waals surface area (Å²) in [5, 5.41) is 25.4. The lowest BCUT2D eigenvalue weighted by Crippen LogP contribution is -2.06. The number of hydrogen-bond acceptors (Lipinski definition) is 7. The largest absolute Gasteiger partial charge is 0.225 e. The molecule has 0 aliphatic heterocycles. The summed E-state index contributed by atoms with van der Waals surface area (Å²) in [5.74, 6) is 0.850. The van der Waals surface area contributed by atoms with E-state index < -0.39 is 0 Å². The monoisotopic (exact) mass is 348 g/mol. The highest BCUT2D eigenvalue weighted by Gasteiger charge is 2.30. The summed E-state index contributed by atoms with van der Waals surface area (Å²) in [6, 6.07) is 7.81. The molecule has 0 saturated heterocycles. The molecular weight excluding hydrogens is 336 g/mol. The number of tetrazole rings is 2. The molecule has 10 heteroatoms. The Kier molecular flexibility index (Phi) is 3.74. The van der Waals surface area contributed by atoms with Crippen LogP contribution in [-0.4, -0.2) is 40.4 Å². The molecule has 1 aromatic carbocycles. The normalized spacial score (nSPS) is 15.7. The van der Waals surface area contributed by atoms with Gasteiger partial charge in [0.25, 0.3) is 0 Å². The lowest BCUT2D eigenvalue weighted by Gasteiger charge is -2.10. The number of nitrogens with zero attached hydrogens (tertiary/aromatic N) is 8. The predicted molar refractivity (Wildman–Crippen MR) is 84.5 cm³/mol. The number of benzene rings is 1. The van der Waals surface area contributed by atoms with Crippen molar-refractivity contribution in [1.82, 2.24) is 40.4 Å². The quantitative estimate of drug-likeness (QED) is 0.654. The second kappa shape index (κ2) is 5.89. The molecule has 0 N–H and O–H groups in total. The number of thioether (sulfide) groups is 1. The van der Waals surface area contributed by atoms with Crippen LogP contribution in [0.2, 0.25) is 5.02 Å². The van der Waals surface area contributed by atoms with Crippen LogP contribution in [0.4, 0.5) is 0 Å². The summed E-state index contributed by atoms with van der Waals surface area (Å²) in [6.07, 6.45) is 2.27. The fourth-order valence-electron chi connectivity index (χ4n) is 2.25. The van der Waals surface area contributed by atoms with Crippen LogP contribution in [-0.2, 0) is 0 Å². The first-order valence-electron chi connectivity index (χ1n) is 7.21. The zero-order chi connectivity index (χ0) is 15.8. The molecule has 23 heavy (non-hydrogen) atoms. The van der Waals surface area contributed by atoms with Crippen LogP contribution in [0, 0.1) is 0 Å². The Morgan fingerprint density at radius 1 is 1.13 bits per heavy atom. The third-order valence-corrected chi connectivity index (χ3v) is 4.85. The van der Waals surface area contributed by atoms with Crippen LogP contribution >= 0.6 is 23.4 Å². The van der Waals surface area contributed by atoms with Gasteiger partial charge in [-0.3, -0.25) is 0 Å². The summed E-state index contributed by atoms with van der Waals surface area (Å²) in [6.45, 7) is 2.05. The zero-order valence-electron chi connectivity index (χ0n) is 12.2. The molecule has 0 radical (unpaired) electrons. The minimum absolute atomic E-state index is 0.0441. The Balaban J connectivity index is 1.58. The van der Waals surface area contributed by atoms with Gasteiger partial charge in [0.1, 0.15) is 0 Å². The Hall–Kier alpha value is -2.00. The Bertz CT molecular complexity index is 810. The van der Waals surface area contributed by atoms with Crippen molar-refractivity contribution in [3.05, 3.63) is 35.1 Å². The smallest absolute Gasteiger partial charge is 0.214 e. The van der Waals surface area contributed by atoms with E-state index in [9.17, 15) is 0 Å². The summed E-state index contributed by atoms with van der Waals surface area (Å²) in [7, 11) is 0. The lowest BCUT2D eigenvalue weighted by molar-refractivity contribution is 0.583. The van der Waals surface area contributed by atoms with E-state index in [0.29, 0.717) is 16.2 Å². The second-order valence-electron chi connectivity index (χ2n) is 5.32. The van der Waals surface area contributed by atoms with Crippen LogP contribution < -0.4 is 0 Å². The molecule has 1 saturated carbocycles. The molecule has 0 unspecified atom stereocenters. The van der Waals surface area contributed by atoms with E-state index in [-0.39, 0.29) is 5.25 Å². The van der Waals surface area contributed by atoms with Crippen LogP contribution in [0.3, 0.4) is 0 Å². The van der Waals surface area contributed by atoms with E-state index in [1.165, 1.54) is 11.8 Å². The average Bonchev–Trinajstić information content (AvgIpc) is 3.09. The molecular formula is C13H13ClN8S. The number of hydrogen-bond donors (Lipinski definition) is 0. The van der Waals surface area contributed by atoms with Crippen molar-refractivity contribution in [2.75, 3.05) is 0 Å². The van der Waals surface area contributed by atoms with E-state index in [1.807, 2.05) is 28.9 Å². The third kappa shape index (κ3) is 2.93. The molecule has 2 aromatic heterocycles. The van der Waals surface area contributed by atoms with E-state index >= 15 is 0 Å². The maximum absolute atomic E-state index is 5.93. The van der Waals surface area contributed by atoms with Crippen molar-refractivity contribution in [1.29, 1.82) is 0 Å². The molecule has 1 aliphatic rings. The first-order chi connectivity index (χ1) is 11.2. The van der Waals surface area contributed by atoms with Gasteiger partial charge in [-0.15, -0.1) is 10.2 Å². The first-order valence-corrected chi connectivity index (χ1v) is 8.47. The van der Waals surface area contributed by atoms with Gasteiger partial charge in [0.2, 0.25) is 5.16 Å². The van der Waals surface area contributed by atoms with Gasteiger partial charge in [-0.05, 0) is 64.9 Å². The van der Waals surface area contributed by atoms with Crippen LogP contribution in [0.1, 0.15) is 36.9 Å². The number of halogens is 1. The molecule has 2 heterocycles. The van der Waals surface area contributed by atoms with Gasteiger partial charge in [-0.2, -0.15) is 4.68 Å². The van der Waals surface area contributed by atoms with Crippen molar-refractivity contribution in [2.24, 2.45) is 0 Å². The van der Waals surface area contributed by atoms with Gasteiger partial charge in [0.05, 0.1) is 17.0 Å². The van der Waals surface area contributed by atoms with Crippen LogP contribution in [0.5, 0.6) is 0 Å². The summed E-state index contributed by atoms with van der Waals surface area (Å²) < 4.78 is 3.59. The van der Waals surface area contributed by atoms with Gasteiger partial charge in [0, 0.05) is 5.02 Å². The highest BCUT2D eigenvalue weighted by atomic mass is 35.5. The van der Waals surface area contributed by atoms with Gasteiger partial charge < -0.3 is 0 Å². The van der Waals surface area contributed by atoms with E-state index in [2.05, 4.69) is 38.0 Å². The van der Waals surface area contributed by atoms with E-state index in [1.54, 1.807) is 4.68 Å². The fourth-order valence-corrected chi connectivity index (χ4v) is 3.28. The molecule has 0 spiro atoms. The van der Waals surface area contributed by atoms with Crippen molar-refractivity contribution in [2.45, 2.75) is 36.2 Å². The summed E-state index contributed by atoms with van der Waals surface area (Å²) in [5.41, 5.74) is 0.857. The molecule has 0 bridgehead atoms. The highest BCUT2D eigenvalue weighted by molar-refractivity contribution is 7.99. The number of rotatable bonds is 5. The van der Waals surface area contributed by atoms with Crippen molar-refractivity contribution in [3.8, 4) is 5.69 Å². The molecule has 1 aliphatic carbocycles. The molecule has 118 valence electrons. The number of aromatic nitrogens is 8. The summed E-state index contributed by atoms with van der Waals surface area (Å²) in [4.78, 5) is 0. The van der Waals surface area contributed by atoms with Crippen molar-refractivity contribution >= 4 is 23.4 Å². The average molecular weight is 349 g/mol. The Morgan fingerprint density at radius 2 is 1.87 bits per heavy atom. The Labute approximate surface area is 141 Å². The van der Waals surface area contributed by atoms with Gasteiger partial charge in [0.15, 0.2) is 5.82 Å². The topological polar surface area (TPSA) is 87.2 Å². The van der Waals surface area contributed by atoms with E-state index in [4.69, 9.17) is 11.6 Å². The fraction of sp³-hybridized carbons (Fsp3) is 0.385. The van der Waals surface area contributed by atoms with Crippen LogP contribution in [0.25, 0.3) is 5.69 Å². The molecule has 3 aromatic rings. The summed E-state index contributed by atoms with van der Waals surface area (Å²) >= 11 is 7.45. The zero-order valence-corrected chi connectivity index (χ0v) is 13.8. The first kappa shape index (κ1) is 14.6. The minimum Gasteiger partial charge on any atom is -0.225 e. The van der Waals surface area contributed by atoms with E-state index in [0.717, 1.165) is 24.4 Å². The predicted octanol–water partition coefficient (Wildman–Crippen LogP) is 2.49. The minimum atomic E-state index is 0.0441. The third-order valence-electron chi connectivity index (χ3n) is 3.57. The maximum atomic E-state index is 5.93. The molecule has 0 amide bonds. The molecule has 8 nitrogen and oxygen atoms in total. The van der Waals surface area contributed by atoms with Gasteiger partial charge in [-0.1, -0.05) is 23.4 Å². The second-order valence-corrected chi connectivity index (χ2v) is 7.07. The van der Waals surface area contributed by atoms with Crippen molar-refractivity contribution in [3.63, 3.8) is 0 Å². The van der Waals surface area contributed by atoms with Crippen molar-refractivity contribution < 1.29 is 0 Å². The molecule has 1 atom stereocenters. The van der Waals surface area contributed by atoms with Gasteiger partial charge >= 0.3 is 0 Å². The SMILES string of the molecule is C[C@@H](Sc1nnnn1-c1ccc(Cl)cc1)c1nnnn1C1CC1. The lowest BCUT2D eigenvalue weighted by atomic mass is 10.3. The Morgan fingerprint density at radius 3 is 2.61 bits per heavy atom.